The predicted molar refractivity (Wildman–Crippen MR) is 125 cm³/mol. The van der Waals surface area contributed by atoms with Crippen LogP contribution >= 0.6 is 11.6 Å². The van der Waals surface area contributed by atoms with Crippen LogP contribution in [-0.2, 0) is 11.3 Å². The first-order chi connectivity index (χ1) is 15.9. The van der Waals surface area contributed by atoms with E-state index in [4.69, 9.17) is 26.0 Å². The second-order valence-electron chi connectivity index (χ2n) is 8.05. The molecule has 0 atom stereocenters. The van der Waals surface area contributed by atoms with Crippen LogP contribution in [0, 0.1) is 0 Å². The molecular formula is C24H25ClN4O4. The van der Waals surface area contributed by atoms with Crippen LogP contribution in [0.1, 0.15) is 39.5 Å². The Balaban J connectivity index is 1.53. The molecule has 0 spiro atoms. The minimum atomic E-state index is -0.759. The summed E-state index contributed by atoms with van der Waals surface area (Å²) in [4.78, 5) is 15.2. The molecule has 0 aliphatic rings. The van der Waals surface area contributed by atoms with E-state index < -0.39 is 5.97 Å². The van der Waals surface area contributed by atoms with Crippen molar-refractivity contribution in [3.8, 4) is 28.6 Å². The molecule has 33 heavy (non-hydrogen) atoms. The van der Waals surface area contributed by atoms with E-state index in [9.17, 15) is 4.79 Å². The van der Waals surface area contributed by atoms with Crippen LogP contribution in [0.2, 0.25) is 5.02 Å². The van der Waals surface area contributed by atoms with Crippen molar-refractivity contribution in [2.24, 2.45) is 0 Å². The lowest BCUT2D eigenvalue weighted by molar-refractivity contribution is -0.137. The van der Waals surface area contributed by atoms with Gasteiger partial charge in [0.05, 0.1) is 22.8 Å². The number of hydrogen-bond donors (Lipinski definition) is 1. The summed E-state index contributed by atoms with van der Waals surface area (Å²) in [6.07, 6.45) is 4.38. The van der Waals surface area contributed by atoms with Crippen molar-refractivity contribution in [1.82, 2.24) is 19.9 Å². The summed E-state index contributed by atoms with van der Waals surface area (Å²) in [6.45, 7) is 4.60. The number of rotatable bonds is 10. The normalized spacial score (nSPS) is 11.4. The minimum Gasteiger partial charge on any atom is -0.489 e. The first kappa shape index (κ1) is 22.8. The van der Waals surface area contributed by atoms with Gasteiger partial charge < -0.3 is 14.4 Å². The van der Waals surface area contributed by atoms with Gasteiger partial charge in [0.1, 0.15) is 5.75 Å². The van der Waals surface area contributed by atoms with E-state index in [1.54, 1.807) is 18.3 Å². The average molecular weight is 469 g/mol. The lowest BCUT2D eigenvalue weighted by Crippen LogP contribution is -2.05. The Labute approximate surface area is 196 Å². The molecule has 2 aromatic carbocycles. The maximum atomic E-state index is 10.7. The van der Waals surface area contributed by atoms with Gasteiger partial charge in [0.25, 0.3) is 5.89 Å². The lowest BCUT2D eigenvalue weighted by Gasteiger charge is -2.11. The molecule has 172 valence electrons. The van der Waals surface area contributed by atoms with Gasteiger partial charge in [-0.15, -0.1) is 0 Å². The number of carboxylic acid groups (broad SMARTS) is 1. The fraction of sp³-hybridized carbons (Fsp3) is 0.333. The molecular weight excluding hydrogens is 444 g/mol. The summed E-state index contributed by atoms with van der Waals surface area (Å²) in [5.41, 5.74) is 2.50. The van der Waals surface area contributed by atoms with E-state index in [1.807, 2.05) is 42.8 Å². The minimum absolute atomic E-state index is 0.0227. The van der Waals surface area contributed by atoms with E-state index in [0.717, 1.165) is 29.3 Å². The lowest BCUT2D eigenvalue weighted by atomic mass is 10.1. The van der Waals surface area contributed by atoms with Crippen molar-refractivity contribution in [3.63, 3.8) is 0 Å². The van der Waals surface area contributed by atoms with Gasteiger partial charge in [-0.25, -0.2) is 0 Å². The quantitative estimate of drug-likeness (QED) is 0.291. The van der Waals surface area contributed by atoms with Crippen molar-refractivity contribution in [3.05, 3.63) is 47.6 Å². The number of ether oxygens (including phenoxy) is 1. The molecule has 2 heterocycles. The molecule has 0 radical (unpaired) electrons. The zero-order valence-electron chi connectivity index (χ0n) is 18.5. The molecule has 0 bridgehead atoms. The van der Waals surface area contributed by atoms with Gasteiger partial charge in [0.15, 0.2) is 0 Å². The Morgan fingerprint density at radius 1 is 1.21 bits per heavy atom. The van der Waals surface area contributed by atoms with Crippen molar-refractivity contribution in [1.29, 1.82) is 0 Å². The first-order valence-electron chi connectivity index (χ1n) is 10.9. The van der Waals surface area contributed by atoms with Gasteiger partial charge in [-0.3, -0.25) is 9.48 Å². The fourth-order valence-electron chi connectivity index (χ4n) is 3.62. The number of nitrogens with zero attached hydrogens (tertiary/aromatic N) is 4. The van der Waals surface area contributed by atoms with Crippen molar-refractivity contribution < 1.29 is 19.2 Å². The topological polar surface area (TPSA) is 103 Å². The van der Waals surface area contributed by atoms with E-state index in [2.05, 4.69) is 15.2 Å². The Hall–Kier alpha value is -3.39. The van der Waals surface area contributed by atoms with Crippen LogP contribution in [0.15, 0.2) is 47.1 Å². The third-order valence-electron chi connectivity index (χ3n) is 5.16. The molecule has 0 amide bonds. The van der Waals surface area contributed by atoms with Crippen molar-refractivity contribution >= 4 is 28.5 Å². The number of benzene rings is 2. The van der Waals surface area contributed by atoms with Crippen molar-refractivity contribution in [2.45, 2.75) is 52.2 Å². The largest absolute Gasteiger partial charge is 0.489 e. The second-order valence-corrected chi connectivity index (χ2v) is 8.45. The third kappa shape index (κ3) is 5.34. The highest BCUT2D eigenvalue weighted by molar-refractivity contribution is 6.32. The molecule has 0 aliphatic heterocycles. The monoisotopic (exact) mass is 468 g/mol. The van der Waals surface area contributed by atoms with Gasteiger partial charge in [-0.2, -0.15) is 10.1 Å². The summed E-state index contributed by atoms with van der Waals surface area (Å²) in [5.74, 6) is 0.683. The number of fused-ring (bicyclic) bond motifs is 1. The smallest absolute Gasteiger partial charge is 0.303 e. The number of carboxylic acids is 1. The molecule has 8 nitrogen and oxygen atoms in total. The summed E-state index contributed by atoms with van der Waals surface area (Å²) in [7, 11) is 0. The molecule has 2 aromatic heterocycles. The third-order valence-corrected chi connectivity index (χ3v) is 5.45. The van der Waals surface area contributed by atoms with Gasteiger partial charge in [0.2, 0.25) is 5.82 Å². The van der Waals surface area contributed by atoms with Crippen LogP contribution in [0.3, 0.4) is 0 Å². The molecule has 4 rings (SSSR count). The summed E-state index contributed by atoms with van der Waals surface area (Å²) < 4.78 is 13.1. The second kappa shape index (κ2) is 10.0. The Morgan fingerprint density at radius 3 is 2.82 bits per heavy atom. The van der Waals surface area contributed by atoms with Gasteiger partial charge in [-0.05, 0) is 51.0 Å². The van der Waals surface area contributed by atoms with Crippen molar-refractivity contribution in [2.75, 3.05) is 0 Å². The standard InChI is InChI=1S/C24H25ClN4O4/c1-15(2)32-21-11-10-16(13-19(21)25)24-27-23(28-33-24)17-7-6-8-20-18(17)14-26-29(20)12-5-3-4-9-22(30)31/h6-8,10-11,13-15H,3-5,9,12H2,1-2H3,(H,30,31). The van der Waals surface area contributed by atoms with E-state index >= 15 is 0 Å². The van der Waals surface area contributed by atoms with E-state index in [0.29, 0.717) is 41.0 Å². The molecule has 4 aromatic rings. The number of carbonyl (C=O) groups is 1. The fourth-order valence-corrected chi connectivity index (χ4v) is 3.85. The molecule has 1 N–H and O–H groups in total. The molecule has 0 aliphatic carbocycles. The Bertz CT molecular complexity index is 1260. The molecule has 0 saturated heterocycles. The van der Waals surface area contributed by atoms with Crippen LogP contribution in [0.5, 0.6) is 5.75 Å². The zero-order chi connectivity index (χ0) is 23.4. The molecule has 9 heteroatoms. The summed E-state index contributed by atoms with van der Waals surface area (Å²) in [5, 5.41) is 18.8. The highest BCUT2D eigenvalue weighted by Gasteiger charge is 2.16. The molecule has 0 fully saturated rings. The average Bonchev–Trinajstić information content (AvgIpc) is 3.42. The maximum Gasteiger partial charge on any atom is 0.303 e. The number of aromatic nitrogens is 4. The molecule has 0 saturated carbocycles. The van der Waals surface area contributed by atoms with Gasteiger partial charge in [-0.1, -0.05) is 35.3 Å². The Morgan fingerprint density at radius 2 is 2.06 bits per heavy atom. The van der Waals surface area contributed by atoms with Gasteiger partial charge in [0, 0.05) is 29.5 Å². The van der Waals surface area contributed by atoms with E-state index in [1.165, 1.54) is 0 Å². The van der Waals surface area contributed by atoms with Crippen LogP contribution in [-0.4, -0.2) is 37.1 Å². The predicted octanol–water partition coefficient (Wildman–Crippen LogP) is 5.84. The highest BCUT2D eigenvalue weighted by atomic mass is 35.5. The van der Waals surface area contributed by atoms with Gasteiger partial charge >= 0.3 is 5.97 Å². The summed E-state index contributed by atoms with van der Waals surface area (Å²) >= 11 is 6.35. The maximum absolute atomic E-state index is 10.7. The highest BCUT2D eigenvalue weighted by Crippen LogP contribution is 2.32. The molecule has 0 unspecified atom stereocenters. The zero-order valence-corrected chi connectivity index (χ0v) is 19.2. The Kier molecular flexibility index (Phi) is 6.93. The van der Waals surface area contributed by atoms with Crippen LogP contribution in [0.25, 0.3) is 33.7 Å². The van der Waals surface area contributed by atoms with Crippen LogP contribution in [0.4, 0.5) is 0 Å². The number of halogens is 1. The SMILES string of the molecule is CC(C)Oc1ccc(-c2nc(-c3cccc4c3cnn4CCCCCC(=O)O)no2)cc1Cl. The van der Waals surface area contributed by atoms with E-state index in [-0.39, 0.29) is 12.5 Å². The number of aryl methyl sites for hydroxylation is 1. The number of aliphatic carboxylic acids is 1. The number of hydrogen-bond acceptors (Lipinski definition) is 6. The first-order valence-corrected chi connectivity index (χ1v) is 11.3. The van der Waals surface area contributed by atoms with Crippen LogP contribution < -0.4 is 4.74 Å². The summed E-state index contributed by atoms with van der Waals surface area (Å²) in [6, 6.07) is 11.2. The number of unbranched alkanes of at least 4 members (excludes halogenated alkanes) is 2.